The second-order valence-corrected chi connectivity index (χ2v) is 8.80. The molecule has 1 heterocycles. The Labute approximate surface area is 143 Å². The molecule has 0 aromatic carbocycles. The third-order valence-electron chi connectivity index (χ3n) is 3.52. The number of nitrogens with zero attached hydrogens (tertiary/aromatic N) is 1. The lowest BCUT2D eigenvalue weighted by atomic mass is 10.1. The fraction of sp³-hybridized carbons (Fsp3) is 0.846. The molecule has 1 aliphatic heterocycles. The molecule has 0 aromatic rings. The van der Waals surface area contributed by atoms with Gasteiger partial charge in [0.2, 0.25) is 16.7 Å². The van der Waals surface area contributed by atoms with Crippen LogP contribution >= 0.6 is 30.8 Å². The van der Waals surface area contributed by atoms with E-state index in [4.69, 9.17) is 10.5 Å². The summed E-state index contributed by atoms with van der Waals surface area (Å²) >= 11 is 2.14. The predicted molar refractivity (Wildman–Crippen MR) is 96.1 cm³/mol. The largest absolute Gasteiger partial charge is 0.377 e. The van der Waals surface area contributed by atoms with Gasteiger partial charge < -0.3 is 10.5 Å². The van der Waals surface area contributed by atoms with Crippen molar-refractivity contribution >= 4 is 47.5 Å². The van der Waals surface area contributed by atoms with Crippen LogP contribution < -0.4 is 5.73 Å². The van der Waals surface area contributed by atoms with Gasteiger partial charge >= 0.3 is 0 Å². The van der Waals surface area contributed by atoms with E-state index in [9.17, 15) is 9.59 Å². The number of amides is 2. The van der Waals surface area contributed by atoms with E-state index >= 15 is 0 Å². The van der Waals surface area contributed by atoms with E-state index in [1.165, 1.54) is 4.90 Å². The molecule has 2 amide bonds. The average Bonchev–Trinajstić information content (AvgIpc) is 2.69. The molecule has 1 rings (SSSR count). The predicted octanol–water partition coefficient (Wildman–Crippen LogP) is 1.68. The fourth-order valence-electron chi connectivity index (χ4n) is 2.32. The first kappa shape index (κ1) is 19.3. The Bertz CT molecular complexity index is 373. The third-order valence-corrected chi connectivity index (χ3v) is 5.58. The van der Waals surface area contributed by atoms with Gasteiger partial charge in [0.25, 0.3) is 0 Å². The Morgan fingerprint density at radius 1 is 1.43 bits per heavy atom. The van der Waals surface area contributed by atoms with Gasteiger partial charge in [-0.15, -0.1) is 8.46 Å². The van der Waals surface area contributed by atoms with Gasteiger partial charge in [-0.3, -0.25) is 14.5 Å². The molecular weight excluding hydrogens is 401 g/mol. The third kappa shape index (κ3) is 6.12. The van der Waals surface area contributed by atoms with Crippen LogP contribution in [0.4, 0.5) is 0 Å². The van der Waals surface area contributed by atoms with Crippen molar-refractivity contribution in [2.24, 2.45) is 5.73 Å². The number of carbonyl (C=O) groups excluding carboxylic acids is 2. The molecule has 0 saturated carbocycles. The lowest BCUT2D eigenvalue weighted by Gasteiger charge is -2.24. The average molecular weight is 425 g/mol. The maximum absolute atomic E-state index is 12.2. The van der Waals surface area contributed by atoms with Gasteiger partial charge in [0.05, 0.1) is 18.4 Å². The molecule has 0 bridgehead atoms. The smallest absolute Gasteiger partial charge is 0.236 e. The van der Waals surface area contributed by atoms with Crippen molar-refractivity contribution in [3.8, 4) is 0 Å². The topological polar surface area (TPSA) is 72.6 Å². The summed E-state index contributed by atoms with van der Waals surface area (Å²) in [5.41, 5.74) is 5.52. The number of halogens is 1. The lowest BCUT2D eigenvalue weighted by Crippen LogP contribution is -2.39. The van der Waals surface area contributed by atoms with Crippen molar-refractivity contribution in [2.75, 3.05) is 6.61 Å². The molecule has 0 aromatic heterocycles. The van der Waals surface area contributed by atoms with Crippen LogP contribution in [0.25, 0.3) is 0 Å². The van der Waals surface area contributed by atoms with Crippen molar-refractivity contribution in [2.45, 2.75) is 63.9 Å². The second-order valence-electron chi connectivity index (χ2n) is 5.68. The molecular formula is C13H24BIN2O3P. The number of nitrogens with two attached hydrogens (primary N) is 1. The first-order chi connectivity index (χ1) is 9.86. The SMILES string of the molecule is CC(N)COC(C)CCC(C)N1C(=O)CC(P[B]I)C1=O. The van der Waals surface area contributed by atoms with Crippen LogP contribution in [0.3, 0.4) is 0 Å². The summed E-state index contributed by atoms with van der Waals surface area (Å²) in [5.74, 6) is -0.0460. The molecule has 5 nitrogen and oxygen atoms in total. The Balaban J connectivity index is 2.42. The van der Waals surface area contributed by atoms with Crippen molar-refractivity contribution < 1.29 is 14.3 Å². The molecule has 21 heavy (non-hydrogen) atoms. The normalized spacial score (nSPS) is 23.9. The molecule has 5 unspecified atom stereocenters. The Hall–Kier alpha value is 0.285. The lowest BCUT2D eigenvalue weighted by molar-refractivity contribution is -0.140. The first-order valence-electron chi connectivity index (χ1n) is 7.27. The molecule has 1 aliphatic rings. The maximum atomic E-state index is 12.2. The Kier molecular flexibility index (Phi) is 8.68. The number of likely N-dealkylation sites (tertiary alicyclic amines) is 1. The minimum atomic E-state index is -0.136. The van der Waals surface area contributed by atoms with E-state index in [1.807, 2.05) is 25.6 Å². The highest BCUT2D eigenvalue weighted by atomic mass is 127. The summed E-state index contributed by atoms with van der Waals surface area (Å²) in [7, 11) is 0.419. The monoisotopic (exact) mass is 425 g/mol. The van der Waals surface area contributed by atoms with Gasteiger partial charge in [-0.1, -0.05) is 0 Å². The van der Waals surface area contributed by atoms with Crippen LogP contribution in [0, 0.1) is 0 Å². The van der Waals surface area contributed by atoms with Gasteiger partial charge in [-0.25, -0.2) is 0 Å². The van der Waals surface area contributed by atoms with Crippen LogP contribution in [0.15, 0.2) is 0 Å². The van der Waals surface area contributed by atoms with E-state index in [0.717, 1.165) is 12.8 Å². The van der Waals surface area contributed by atoms with E-state index < -0.39 is 0 Å². The molecule has 1 radical (unpaired) electrons. The van der Waals surface area contributed by atoms with Gasteiger partial charge in [0, 0.05) is 18.5 Å². The van der Waals surface area contributed by atoms with Crippen LogP contribution in [0.1, 0.15) is 40.0 Å². The van der Waals surface area contributed by atoms with Crippen LogP contribution in [-0.4, -0.2) is 52.0 Å². The molecule has 5 atom stereocenters. The van der Waals surface area contributed by atoms with Gasteiger partial charge in [0.15, 0.2) is 0 Å². The zero-order valence-corrected chi connectivity index (χ0v) is 16.0. The number of ether oxygens (including phenoxy) is 1. The molecule has 0 spiro atoms. The molecule has 2 N–H and O–H groups in total. The number of carbonyl (C=O) groups is 2. The van der Waals surface area contributed by atoms with Crippen molar-refractivity contribution in [3.63, 3.8) is 0 Å². The van der Waals surface area contributed by atoms with Crippen LogP contribution in [-0.2, 0) is 14.3 Å². The van der Waals surface area contributed by atoms with Crippen molar-refractivity contribution in [3.05, 3.63) is 0 Å². The molecule has 8 heteroatoms. The van der Waals surface area contributed by atoms with E-state index in [-0.39, 0.29) is 35.7 Å². The maximum Gasteiger partial charge on any atom is 0.236 e. The highest BCUT2D eigenvalue weighted by Gasteiger charge is 2.40. The molecule has 1 saturated heterocycles. The summed E-state index contributed by atoms with van der Waals surface area (Å²) in [6.45, 7) is 6.37. The molecule has 119 valence electrons. The Morgan fingerprint density at radius 2 is 2.10 bits per heavy atom. The first-order valence-corrected chi connectivity index (χ1v) is 9.67. The summed E-state index contributed by atoms with van der Waals surface area (Å²) in [5, 5.41) is 0. The molecule has 1 fully saturated rings. The standard InChI is InChI=1S/C13H24BIN2O3P/c1-8(16)7-20-10(3)5-4-9(2)17-12(18)6-11(13(17)19)21-14-15/h8-11,21H,4-7,16H2,1-3H3. The minimum absolute atomic E-state index is 0.0112. The summed E-state index contributed by atoms with van der Waals surface area (Å²) < 4.78 is 5.61. The summed E-state index contributed by atoms with van der Waals surface area (Å²) in [6, 6.07) is -0.0340. The van der Waals surface area contributed by atoms with E-state index in [2.05, 4.69) is 22.4 Å². The van der Waals surface area contributed by atoms with Crippen LogP contribution in [0.5, 0.6) is 0 Å². The second kappa shape index (κ2) is 9.43. The molecule has 0 aliphatic carbocycles. The summed E-state index contributed by atoms with van der Waals surface area (Å²) in [6.07, 6.45) is 2.03. The fourth-order valence-corrected chi connectivity index (χ4v) is 4.35. The highest BCUT2D eigenvalue weighted by molar-refractivity contribution is 14.1. The summed E-state index contributed by atoms with van der Waals surface area (Å²) in [4.78, 5) is 27.7. The van der Waals surface area contributed by atoms with Gasteiger partial charge in [-0.05, 0) is 33.6 Å². The van der Waals surface area contributed by atoms with Crippen molar-refractivity contribution in [1.29, 1.82) is 0 Å². The zero-order valence-electron chi connectivity index (χ0n) is 12.8. The number of imide groups is 1. The zero-order chi connectivity index (χ0) is 16.0. The number of hydrogen-bond acceptors (Lipinski definition) is 4. The quantitative estimate of drug-likeness (QED) is 0.264. The Morgan fingerprint density at radius 3 is 2.67 bits per heavy atom. The van der Waals surface area contributed by atoms with Gasteiger partial charge in [0.1, 0.15) is 0 Å². The number of hydrogen-bond donors (Lipinski definition) is 1. The number of rotatable bonds is 9. The van der Waals surface area contributed by atoms with Gasteiger partial charge in [-0.2, -0.15) is 22.4 Å². The highest BCUT2D eigenvalue weighted by Crippen LogP contribution is 2.32. The van der Waals surface area contributed by atoms with E-state index in [0.29, 0.717) is 21.5 Å². The minimum Gasteiger partial charge on any atom is -0.377 e. The van der Waals surface area contributed by atoms with Crippen LogP contribution in [0.2, 0.25) is 0 Å². The van der Waals surface area contributed by atoms with Crippen molar-refractivity contribution in [1.82, 2.24) is 4.90 Å². The van der Waals surface area contributed by atoms with E-state index in [1.54, 1.807) is 0 Å².